The fraction of sp³-hybridized carbons (Fsp3) is 0.545. The van der Waals surface area contributed by atoms with Crippen LogP contribution in [-0.4, -0.2) is 22.5 Å². The number of nitrogens with two attached hydrogens (primary N) is 1. The molecule has 5 heteroatoms. The van der Waals surface area contributed by atoms with Crippen LogP contribution in [0.1, 0.15) is 19.3 Å². The lowest BCUT2D eigenvalue weighted by atomic mass is 10.2. The van der Waals surface area contributed by atoms with Gasteiger partial charge < -0.3 is 11.1 Å². The molecular formula is C11H16ClN3S. The maximum absolute atomic E-state index is 5.86. The smallest absolute Gasteiger partial charge is 0.133 e. The highest BCUT2D eigenvalue weighted by Crippen LogP contribution is 2.30. The van der Waals surface area contributed by atoms with E-state index in [-0.39, 0.29) is 0 Å². The molecular weight excluding hydrogens is 242 g/mol. The Balaban J connectivity index is 1.99. The van der Waals surface area contributed by atoms with E-state index in [1.807, 2.05) is 17.8 Å². The Hall–Kier alpha value is -0.610. The van der Waals surface area contributed by atoms with Crippen LogP contribution in [0.3, 0.4) is 0 Å². The molecule has 16 heavy (non-hydrogen) atoms. The minimum Gasteiger partial charge on any atom is -0.399 e. The average molecular weight is 258 g/mol. The van der Waals surface area contributed by atoms with E-state index >= 15 is 0 Å². The molecule has 0 aromatic carbocycles. The number of hydrogen-bond acceptors (Lipinski definition) is 4. The van der Waals surface area contributed by atoms with Gasteiger partial charge in [0.05, 0.1) is 0 Å². The van der Waals surface area contributed by atoms with Crippen molar-refractivity contribution < 1.29 is 0 Å². The van der Waals surface area contributed by atoms with Gasteiger partial charge in [-0.05, 0) is 31.6 Å². The number of thioether (sulfide) groups is 1. The van der Waals surface area contributed by atoms with Gasteiger partial charge >= 0.3 is 0 Å². The summed E-state index contributed by atoms with van der Waals surface area (Å²) in [5.74, 6) is 0.789. The quantitative estimate of drug-likeness (QED) is 0.818. The summed E-state index contributed by atoms with van der Waals surface area (Å²) in [5.41, 5.74) is 6.37. The van der Waals surface area contributed by atoms with Crippen LogP contribution in [-0.2, 0) is 0 Å². The third-order valence-corrected chi connectivity index (χ3v) is 4.17. The number of rotatable bonds is 3. The monoisotopic (exact) mass is 257 g/mol. The van der Waals surface area contributed by atoms with Crippen LogP contribution < -0.4 is 11.1 Å². The number of hydrogen-bond donors (Lipinski definition) is 2. The van der Waals surface area contributed by atoms with Crippen molar-refractivity contribution in [3.05, 3.63) is 17.3 Å². The standard InChI is InChI=1S/C11H16ClN3S/c1-16-9-3-2-8(6-9)14-11-5-7(13)4-10(12)15-11/h4-5,8-9H,2-3,6H2,1H3,(H3,13,14,15). The zero-order valence-electron chi connectivity index (χ0n) is 9.24. The summed E-state index contributed by atoms with van der Waals surface area (Å²) in [6.07, 6.45) is 5.83. The molecule has 0 saturated heterocycles. The van der Waals surface area contributed by atoms with Crippen LogP contribution in [0, 0.1) is 0 Å². The van der Waals surface area contributed by atoms with Gasteiger partial charge in [0.2, 0.25) is 0 Å². The van der Waals surface area contributed by atoms with Crippen LogP contribution in [0.4, 0.5) is 11.5 Å². The Labute approximate surface area is 105 Å². The van der Waals surface area contributed by atoms with Crippen molar-refractivity contribution in [2.45, 2.75) is 30.6 Å². The first-order valence-electron chi connectivity index (χ1n) is 5.40. The number of nitrogens with one attached hydrogen (secondary N) is 1. The van der Waals surface area contributed by atoms with Crippen LogP contribution in [0.15, 0.2) is 12.1 Å². The van der Waals surface area contributed by atoms with Gasteiger partial charge in [-0.3, -0.25) is 0 Å². The predicted octanol–water partition coefficient (Wildman–Crippen LogP) is 3.01. The maximum atomic E-state index is 5.86. The van der Waals surface area contributed by atoms with Gasteiger partial charge in [0.15, 0.2) is 0 Å². The number of nitrogens with zero attached hydrogens (tertiary/aromatic N) is 1. The Morgan fingerprint density at radius 1 is 1.50 bits per heavy atom. The normalized spacial score (nSPS) is 24.6. The second-order valence-electron chi connectivity index (χ2n) is 4.12. The van der Waals surface area contributed by atoms with E-state index in [1.54, 1.807) is 6.07 Å². The van der Waals surface area contributed by atoms with E-state index < -0.39 is 0 Å². The van der Waals surface area contributed by atoms with Crippen molar-refractivity contribution in [3.8, 4) is 0 Å². The van der Waals surface area contributed by atoms with Crippen molar-refractivity contribution in [2.24, 2.45) is 0 Å². The van der Waals surface area contributed by atoms with Crippen LogP contribution in [0.5, 0.6) is 0 Å². The molecule has 0 amide bonds. The van der Waals surface area contributed by atoms with Gasteiger partial charge in [0.1, 0.15) is 11.0 Å². The first-order valence-corrected chi connectivity index (χ1v) is 7.06. The SMILES string of the molecule is CSC1CCC(Nc2cc(N)cc(Cl)n2)C1. The molecule has 88 valence electrons. The summed E-state index contributed by atoms with van der Waals surface area (Å²) in [6, 6.07) is 3.99. The lowest BCUT2D eigenvalue weighted by molar-refractivity contribution is 0.752. The van der Waals surface area contributed by atoms with E-state index in [0.29, 0.717) is 16.9 Å². The van der Waals surface area contributed by atoms with E-state index in [2.05, 4.69) is 16.6 Å². The van der Waals surface area contributed by atoms with Gasteiger partial charge in [0, 0.05) is 23.0 Å². The molecule has 1 saturated carbocycles. The van der Waals surface area contributed by atoms with Crippen LogP contribution in [0.2, 0.25) is 5.15 Å². The highest BCUT2D eigenvalue weighted by Gasteiger charge is 2.23. The first-order chi connectivity index (χ1) is 7.67. The summed E-state index contributed by atoms with van der Waals surface area (Å²) in [5, 5.41) is 4.62. The second kappa shape index (κ2) is 5.15. The molecule has 1 aromatic heterocycles. The summed E-state index contributed by atoms with van der Waals surface area (Å²) in [7, 11) is 0. The molecule has 0 radical (unpaired) electrons. The van der Waals surface area contributed by atoms with Gasteiger partial charge in [-0.15, -0.1) is 0 Å². The summed E-state index contributed by atoms with van der Waals surface area (Å²) < 4.78 is 0. The Morgan fingerprint density at radius 2 is 2.31 bits per heavy atom. The topological polar surface area (TPSA) is 50.9 Å². The van der Waals surface area contributed by atoms with Crippen molar-refractivity contribution in [3.63, 3.8) is 0 Å². The lowest BCUT2D eigenvalue weighted by Crippen LogP contribution is -2.17. The lowest BCUT2D eigenvalue weighted by Gasteiger charge is -2.13. The number of halogens is 1. The molecule has 1 aliphatic rings. The molecule has 0 bridgehead atoms. The molecule has 1 fully saturated rings. The largest absolute Gasteiger partial charge is 0.399 e. The van der Waals surface area contributed by atoms with Crippen LogP contribution in [0.25, 0.3) is 0 Å². The highest BCUT2D eigenvalue weighted by atomic mass is 35.5. The van der Waals surface area contributed by atoms with Crippen molar-refractivity contribution in [1.29, 1.82) is 0 Å². The zero-order chi connectivity index (χ0) is 11.5. The Bertz CT molecular complexity index is 352. The van der Waals surface area contributed by atoms with E-state index in [1.165, 1.54) is 19.3 Å². The van der Waals surface area contributed by atoms with Gasteiger partial charge in [0.25, 0.3) is 0 Å². The zero-order valence-corrected chi connectivity index (χ0v) is 10.8. The second-order valence-corrected chi connectivity index (χ2v) is 5.65. The van der Waals surface area contributed by atoms with Gasteiger partial charge in [-0.2, -0.15) is 11.8 Å². The number of aromatic nitrogens is 1. The fourth-order valence-corrected chi connectivity index (χ4v) is 3.10. The molecule has 1 heterocycles. The number of pyridine rings is 1. The number of nitrogen functional groups attached to an aromatic ring is 1. The Morgan fingerprint density at radius 3 is 2.94 bits per heavy atom. The third kappa shape index (κ3) is 2.95. The van der Waals surface area contributed by atoms with E-state index in [0.717, 1.165) is 11.1 Å². The number of anilines is 2. The summed E-state index contributed by atoms with van der Waals surface area (Å²) >= 11 is 7.80. The molecule has 3 nitrogen and oxygen atoms in total. The third-order valence-electron chi connectivity index (χ3n) is 2.89. The first kappa shape index (κ1) is 11.9. The van der Waals surface area contributed by atoms with E-state index in [9.17, 15) is 0 Å². The summed E-state index contributed by atoms with van der Waals surface area (Å²) in [4.78, 5) is 4.22. The maximum Gasteiger partial charge on any atom is 0.133 e. The van der Waals surface area contributed by atoms with E-state index in [4.69, 9.17) is 17.3 Å². The molecule has 2 rings (SSSR count). The van der Waals surface area contributed by atoms with Gasteiger partial charge in [-0.1, -0.05) is 11.6 Å². The van der Waals surface area contributed by atoms with Gasteiger partial charge in [-0.25, -0.2) is 4.98 Å². The molecule has 0 spiro atoms. The Kier molecular flexibility index (Phi) is 3.82. The summed E-state index contributed by atoms with van der Waals surface area (Å²) in [6.45, 7) is 0. The molecule has 3 N–H and O–H groups in total. The van der Waals surface area contributed by atoms with Crippen molar-refractivity contribution >= 4 is 34.9 Å². The van der Waals surface area contributed by atoms with Crippen LogP contribution >= 0.6 is 23.4 Å². The molecule has 0 aliphatic heterocycles. The van der Waals surface area contributed by atoms with Crippen molar-refractivity contribution in [1.82, 2.24) is 4.98 Å². The highest BCUT2D eigenvalue weighted by molar-refractivity contribution is 7.99. The van der Waals surface area contributed by atoms with Crippen molar-refractivity contribution in [2.75, 3.05) is 17.3 Å². The minimum absolute atomic E-state index is 0.446. The average Bonchev–Trinajstić information content (AvgIpc) is 2.64. The molecule has 1 aromatic rings. The molecule has 2 unspecified atom stereocenters. The molecule has 1 aliphatic carbocycles. The fourth-order valence-electron chi connectivity index (χ4n) is 2.09. The molecule has 2 atom stereocenters. The predicted molar refractivity (Wildman–Crippen MR) is 72.2 cm³/mol. The minimum atomic E-state index is 0.446.